The molecule has 0 radical (unpaired) electrons. The van der Waals surface area contributed by atoms with Gasteiger partial charge >= 0.3 is 0 Å². The number of amides is 1. The second-order valence-electron chi connectivity index (χ2n) is 5.70. The maximum Gasteiger partial charge on any atom is 0.265 e. The van der Waals surface area contributed by atoms with Gasteiger partial charge in [-0.25, -0.2) is 0 Å². The van der Waals surface area contributed by atoms with Gasteiger partial charge in [0.25, 0.3) is 5.91 Å². The van der Waals surface area contributed by atoms with Crippen molar-refractivity contribution in [2.24, 2.45) is 5.16 Å². The average Bonchev–Trinajstić information content (AvgIpc) is 3.09. The highest BCUT2D eigenvalue weighted by Crippen LogP contribution is 2.32. The Morgan fingerprint density at radius 1 is 1.08 bits per heavy atom. The van der Waals surface area contributed by atoms with Crippen molar-refractivity contribution in [1.82, 2.24) is 0 Å². The van der Waals surface area contributed by atoms with Crippen molar-refractivity contribution in [2.45, 2.75) is 13.8 Å². The number of carbonyl (C=O) groups is 2. The first-order chi connectivity index (χ1) is 12.5. The van der Waals surface area contributed by atoms with Gasteiger partial charge < -0.3 is 19.6 Å². The molecule has 1 amide bonds. The molecular formula is C19H18N2O5. The molecule has 0 saturated carbocycles. The van der Waals surface area contributed by atoms with E-state index in [9.17, 15) is 9.59 Å². The Balaban J connectivity index is 1.55. The van der Waals surface area contributed by atoms with E-state index < -0.39 is 0 Å². The van der Waals surface area contributed by atoms with Gasteiger partial charge in [0.2, 0.25) is 6.79 Å². The average molecular weight is 354 g/mol. The first kappa shape index (κ1) is 17.5. The molecule has 0 saturated heterocycles. The summed E-state index contributed by atoms with van der Waals surface area (Å²) < 4.78 is 10.6. The van der Waals surface area contributed by atoms with Crippen LogP contribution in [0.4, 0.5) is 5.69 Å². The fourth-order valence-corrected chi connectivity index (χ4v) is 2.38. The molecule has 26 heavy (non-hydrogen) atoms. The number of benzene rings is 2. The molecule has 7 heteroatoms. The number of hydrogen-bond acceptors (Lipinski definition) is 6. The van der Waals surface area contributed by atoms with Crippen molar-refractivity contribution in [2.75, 3.05) is 18.7 Å². The quantitative estimate of drug-likeness (QED) is 0.490. The summed E-state index contributed by atoms with van der Waals surface area (Å²) in [4.78, 5) is 28.4. The van der Waals surface area contributed by atoms with Crippen LogP contribution in [-0.2, 0) is 9.63 Å². The number of Topliss-reactive ketones (excluding diaryl/α,β-unsaturated/α-hetero) is 1. The van der Waals surface area contributed by atoms with Crippen LogP contribution in [0.15, 0.2) is 47.6 Å². The van der Waals surface area contributed by atoms with E-state index >= 15 is 0 Å². The maximum absolute atomic E-state index is 11.9. The van der Waals surface area contributed by atoms with E-state index in [0.717, 1.165) is 5.56 Å². The molecule has 1 N–H and O–H groups in total. The Morgan fingerprint density at radius 2 is 1.88 bits per heavy atom. The van der Waals surface area contributed by atoms with E-state index in [4.69, 9.17) is 14.3 Å². The van der Waals surface area contributed by atoms with Crippen LogP contribution in [0.3, 0.4) is 0 Å². The summed E-state index contributed by atoms with van der Waals surface area (Å²) in [5.74, 6) is 0.907. The number of fused-ring (bicyclic) bond motifs is 1. The third kappa shape index (κ3) is 4.18. The molecule has 0 aliphatic carbocycles. The lowest BCUT2D eigenvalue weighted by Crippen LogP contribution is -2.17. The molecule has 7 nitrogen and oxygen atoms in total. The van der Waals surface area contributed by atoms with Gasteiger partial charge in [0, 0.05) is 16.8 Å². The van der Waals surface area contributed by atoms with Crippen molar-refractivity contribution in [3.63, 3.8) is 0 Å². The Bertz CT molecular complexity index is 876. The van der Waals surface area contributed by atoms with Gasteiger partial charge in [-0.3, -0.25) is 9.59 Å². The predicted octanol–water partition coefficient (Wildman–Crippen LogP) is 3.00. The summed E-state index contributed by atoms with van der Waals surface area (Å²) in [6, 6.07) is 12.1. The molecule has 0 aromatic heterocycles. The van der Waals surface area contributed by atoms with Gasteiger partial charge in [0.15, 0.2) is 23.9 Å². The lowest BCUT2D eigenvalue weighted by atomic mass is 10.1. The minimum Gasteiger partial charge on any atom is -0.454 e. The van der Waals surface area contributed by atoms with Crippen molar-refractivity contribution in [1.29, 1.82) is 0 Å². The highest BCUT2D eigenvalue weighted by molar-refractivity contribution is 5.99. The fraction of sp³-hybridized carbons (Fsp3) is 0.211. The van der Waals surface area contributed by atoms with Crippen molar-refractivity contribution in [3.8, 4) is 11.5 Å². The molecule has 0 unspecified atom stereocenters. The SMILES string of the molecule is CC(=O)c1cccc(NC(=O)CO/N=C(/C)c2ccc3c(c2)OCO3)c1. The number of nitrogens with one attached hydrogen (secondary N) is 1. The van der Waals surface area contributed by atoms with E-state index in [0.29, 0.717) is 28.5 Å². The van der Waals surface area contributed by atoms with E-state index in [-0.39, 0.29) is 25.1 Å². The molecule has 1 aliphatic heterocycles. The Morgan fingerprint density at radius 3 is 2.69 bits per heavy atom. The van der Waals surface area contributed by atoms with E-state index in [1.54, 1.807) is 43.3 Å². The van der Waals surface area contributed by atoms with Crippen LogP contribution in [0.25, 0.3) is 0 Å². The molecule has 1 aliphatic rings. The third-order valence-electron chi connectivity index (χ3n) is 3.74. The van der Waals surface area contributed by atoms with E-state index in [2.05, 4.69) is 10.5 Å². The van der Waals surface area contributed by atoms with Gasteiger partial charge in [-0.15, -0.1) is 0 Å². The number of carbonyl (C=O) groups excluding carboxylic acids is 2. The molecule has 0 fully saturated rings. The summed E-state index contributed by atoms with van der Waals surface area (Å²) in [6.07, 6.45) is 0. The molecule has 134 valence electrons. The second kappa shape index (κ2) is 7.69. The number of nitrogens with zero attached hydrogens (tertiary/aromatic N) is 1. The van der Waals surface area contributed by atoms with Gasteiger partial charge in [0.05, 0.1) is 5.71 Å². The van der Waals surface area contributed by atoms with Crippen LogP contribution < -0.4 is 14.8 Å². The Kier molecular flexibility index (Phi) is 5.17. The fourth-order valence-electron chi connectivity index (χ4n) is 2.38. The number of hydrogen-bond donors (Lipinski definition) is 1. The predicted molar refractivity (Wildman–Crippen MR) is 95.8 cm³/mol. The molecule has 3 rings (SSSR count). The minimum atomic E-state index is -0.368. The van der Waals surface area contributed by atoms with Gasteiger partial charge in [-0.2, -0.15) is 0 Å². The molecule has 2 aromatic rings. The van der Waals surface area contributed by atoms with Crippen LogP contribution in [0, 0.1) is 0 Å². The van der Waals surface area contributed by atoms with Crippen LogP contribution in [0.2, 0.25) is 0 Å². The number of rotatable bonds is 6. The highest BCUT2D eigenvalue weighted by atomic mass is 16.7. The summed E-state index contributed by atoms with van der Waals surface area (Å²) in [6.45, 7) is 3.20. The molecule has 2 aromatic carbocycles. The molecule has 0 bridgehead atoms. The molecular weight excluding hydrogens is 336 g/mol. The summed E-state index contributed by atoms with van der Waals surface area (Å²) in [5.41, 5.74) is 2.47. The van der Waals surface area contributed by atoms with Crippen molar-refractivity contribution < 1.29 is 23.9 Å². The van der Waals surface area contributed by atoms with Gasteiger partial charge in [-0.05, 0) is 44.2 Å². The molecule has 0 spiro atoms. The number of ketones is 1. The van der Waals surface area contributed by atoms with Crippen molar-refractivity contribution >= 4 is 23.1 Å². The zero-order valence-corrected chi connectivity index (χ0v) is 14.4. The number of anilines is 1. The van der Waals surface area contributed by atoms with Crippen LogP contribution in [-0.4, -0.2) is 30.8 Å². The van der Waals surface area contributed by atoms with Gasteiger partial charge in [0.1, 0.15) is 0 Å². The standard InChI is InChI=1S/C19H18N2O5/c1-12(14-6-7-17-18(9-14)25-11-24-17)21-26-10-19(23)20-16-5-3-4-15(8-16)13(2)22/h3-9H,10-11H2,1-2H3,(H,20,23)/b21-12-. The van der Waals surface area contributed by atoms with Crippen molar-refractivity contribution in [3.05, 3.63) is 53.6 Å². The zero-order chi connectivity index (χ0) is 18.5. The number of oxime groups is 1. The first-order valence-electron chi connectivity index (χ1n) is 8.00. The topological polar surface area (TPSA) is 86.2 Å². The lowest BCUT2D eigenvalue weighted by Gasteiger charge is -2.06. The summed E-state index contributed by atoms with van der Waals surface area (Å²) >= 11 is 0. The Hall–Kier alpha value is -3.35. The van der Waals surface area contributed by atoms with Crippen LogP contribution >= 0.6 is 0 Å². The third-order valence-corrected chi connectivity index (χ3v) is 3.74. The van der Waals surface area contributed by atoms with E-state index in [1.165, 1.54) is 6.92 Å². The van der Waals surface area contributed by atoms with Gasteiger partial charge in [-0.1, -0.05) is 17.3 Å². The molecule has 1 heterocycles. The normalized spacial score (nSPS) is 12.6. The first-order valence-corrected chi connectivity index (χ1v) is 8.00. The Labute approximate surface area is 150 Å². The largest absolute Gasteiger partial charge is 0.454 e. The van der Waals surface area contributed by atoms with Crippen LogP contribution in [0.5, 0.6) is 11.5 Å². The molecule has 0 atom stereocenters. The van der Waals surface area contributed by atoms with E-state index in [1.807, 2.05) is 6.07 Å². The summed E-state index contributed by atoms with van der Waals surface area (Å²) in [7, 11) is 0. The second-order valence-corrected chi connectivity index (χ2v) is 5.70. The van der Waals surface area contributed by atoms with Crippen LogP contribution in [0.1, 0.15) is 29.8 Å². The lowest BCUT2D eigenvalue weighted by molar-refractivity contribution is -0.120. The minimum absolute atomic E-state index is 0.0682. The number of ether oxygens (including phenoxy) is 2. The highest BCUT2D eigenvalue weighted by Gasteiger charge is 2.14. The summed E-state index contributed by atoms with van der Waals surface area (Å²) in [5, 5.41) is 6.62. The monoisotopic (exact) mass is 354 g/mol. The zero-order valence-electron chi connectivity index (χ0n) is 14.4. The smallest absolute Gasteiger partial charge is 0.265 e. The maximum atomic E-state index is 11.9.